The van der Waals surface area contributed by atoms with Gasteiger partial charge in [0.15, 0.2) is 0 Å². The second-order valence-electron chi connectivity index (χ2n) is 4.88. The molecule has 1 aromatic rings. The SMILES string of the molecule is CCN(Cc1cc(C(=O)NN)c(C)o1)CC(C)C. The zero-order chi connectivity index (χ0) is 13.7. The molecule has 102 valence electrons. The van der Waals surface area contributed by atoms with Crippen molar-refractivity contribution in [3.05, 3.63) is 23.2 Å². The lowest BCUT2D eigenvalue weighted by atomic mass is 10.2. The summed E-state index contributed by atoms with van der Waals surface area (Å²) in [5, 5.41) is 0. The summed E-state index contributed by atoms with van der Waals surface area (Å²) in [5.74, 6) is 6.82. The molecule has 0 unspecified atom stereocenters. The summed E-state index contributed by atoms with van der Waals surface area (Å²) in [5.41, 5.74) is 2.63. The van der Waals surface area contributed by atoms with E-state index >= 15 is 0 Å². The zero-order valence-corrected chi connectivity index (χ0v) is 11.6. The van der Waals surface area contributed by atoms with Crippen molar-refractivity contribution in [3.63, 3.8) is 0 Å². The molecule has 0 radical (unpaired) electrons. The van der Waals surface area contributed by atoms with Crippen molar-refractivity contribution in [1.82, 2.24) is 10.3 Å². The van der Waals surface area contributed by atoms with Gasteiger partial charge in [0.2, 0.25) is 0 Å². The van der Waals surface area contributed by atoms with E-state index < -0.39 is 0 Å². The Hall–Kier alpha value is -1.33. The van der Waals surface area contributed by atoms with E-state index in [4.69, 9.17) is 10.3 Å². The van der Waals surface area contributed by atoms with E-state index in [0.29, 0.717) is 23.8 Å². The van der Waals surface area contributed by atoms with Crippen LogP contribution in [0, 0.1) is 12.8 Å². The van der Waals surface area contributed by atoms with Crippen LogP contribution in [0.5, 0.6) is 0 Å². The summed E-state index contributed by atoms with van der Waals surface area (Å²) < 4.78 is 5.59. The van der Waals surface area contributed by atoms with Gasteiger partial charge in [-0.3, -0.25) is 15.1 Å². The molecule has 0 bridgehead atoms. The average Bonchev–Trinajstić information content (AvgIpc) is 2.67. The van der Waals surface area contributed by atoms with E-state index in [-0.39, 0.29) is 5.91 Å². The number of nitrogen functional groups attached to an aromatic ring is 1. The molecule has 5 heteroatoms. The van der Waals surface area contributed by atoms with E-state index in [1.54, 1.807) is 13.0 Å². The molecular formula is C13H23N3O2. The molecule has 3 N–H and O–H groups in total. The van der Waals surface area contributed by atoms with Crippen molar-refractivity contribution >= 4 is 5.91 Å². The highest BCUT2D eigenvalue weighted by Crippen LogP contribution is 2.16. The molecule has 18 heavy (non-hydrogen) atoms. The first kappa shape index (κ1) is 14.7. The molecule has 1 heterocycles. The van der Waals surface area contributed by atoms with Crippen LogP contribution >= 0.6 is 0 Å². The summed E-state index contributed by atoms with van der Waals surface area (Å²) >= 11 is 0. The third-order valence-corrected chi connectivity index (χ3v) is 2.79. The maximum atomic E-state index is 11.5. The minimum absolute atomic E-state index is 0.311. The second-order valence-corrected chi connectivity index (χ2v) is 4.88. The number of hydrogen-bond donors (Lipinski definition) is 2. The predicted molar refractivity (Wildman–Crippen MR) is 70.9 cm³/mol. The molecule has 0 aliphatic rings. The van der Waals surface area contributed by atoms with Crippen molar-refractivity contribution in [2.24, 2.45) is 11.8 Å². The molecule has 1 amide bonds. The van der Waals surface area contributed by atoms with Gasteiger partial charge in [0.05, 0.1) is 12.1 Å². The topological polar surface area (TPSA) is 71.5 Å². The molecule has 0 saturated carbocycles. The van der Waals surface area contributed by atoms with Crippen LogP contribution in [-0.2, 0) is 6.54 Å². The quantitative estimate of drug-likeness (QED) is 0.459. The fourth-order valence-electron chi connectivity index (χ4n) is 1.97. The van der Waals surface area contributed by atoms with Crippen molar-refractivity contribution in [2.45, 2.75) is 34.2 Å². The molecule has 5 nitrogen and oxygen atoms in total. The highest BCUT2D eigenvalue weighted by atomic mass is 16.3. The number of hydrogen-bond acceptors (Lipinski definition) is 4. The molecule has 0 aliphatic carbocycles. The Morgan fingerprint density at radius 3 is 2.72 bits per heavy atom. The highest BCUT2D eigenvalue weighted by Gasteiger charge is 2.15. The van der Waals surface area contributed by atoms with E-state index in [1.807, 2.05) is 0 Å². The van der Waals surface area contributed by atoms with Gasteiger partial charge in [-0.2, -0.15) is 0 Å². The number of hydrazine groups is 1. The van der Waals surface area contributed by atoms with Crippen molar-refractivity contribution in [1.29, 1.82) is 0 Å². The van der Waals surface area contributed by atoms with Crippen LogP contribution in [0.25, 0.3) is 0 Å². The van der Waals surface area contributed by atoms with Crippen LogP contribution in [0.4, 0.5) is 0 Å². The Labute approximate surface area is 108 Å². The lowest BCUT2D eigenvalue weighted by Crippen LogP contribution is -2.30. The number of amides is 1. The second kappa shape index (κ2) is 6.56. The fraction of sp³-hybridized carbons (Fsp3) is 0.615. The predicted octanol–water partition coefficient (Wildman–Crippen LogP) is 1.67. The Balaban J connectivity index is 2.75. The zero-order valence-electron chi connectivity index (χ0n) is 11.6. The van der Waals surface area contributed by atoms with Crippen LogP contribution in [0.3, 0.4) is 0 Å². The van der Waals surface area contributed by atoms with Crippen molar-refractivity contribution in [2.75, 3.05) is 13.1 Å². The Morgan fingerprint density at radius 1 is 1.56 bits per heavy atom. The first-order valence-corrected chi connectivity index (χ1v) is 6.30. The molecular weight excluding hydrogens is 230 g/mol. The molecule has 0 aromatic carbocycles. The maximum absolute atomic E-state index is 11.5. The summed E-state index contributed by atoms with van der Waals surface area (Å²) in [7, 11) is 0. The number of aryl methyl sites for hydroxylation is 1. The summed E-state index contributed by atoms with van der Waals surface area (Å²) in [6.45, 7) is 10.9. The minimum Gasteiger partial charge on any atom is -0.464 e. The number of nitrogens with zero attached hydrogens (tertiary/aromatic N) is 1. The Morgan fingerprint density at radius 2 is 2.22 bits per heavy atom. The maximum Gasteiger partial charge on any atom is 0.268 e. The number of nitrogens with one attached hydrogen (secondary N) is 1. The Kier molecular flexibility index (Phi) is 5.37. The molecule has 0 spiro atoms. The van der Waals surface area contributed by atoms with Crippen molar-refractivity contribution in [3.8, 4) is 0 Å². The van der Waals surface area contributed by atoms with E-state index in [2.05, 4.69) is 31.1 Å². The number of rotatable bonds is 6. The molecule has 0 atom stereocenters. The first-order valence-electron chi connectivity index (χ1n) is 6.30. The number of carbonyl (C=O) groups excluding carboxylic acids is 1. The lowest BCUT2D eigenvalue weighted by Gasteiger charge is -2.21. The summed E-state index contributed by atoms with van der Waals surface area (Å²) in [6.07, 6.45) is 0. The summed E-state index contributed by atoms with van der Waals surface area (Å²) in [6, 6.07) is 1.76. The van der Waals surface area contributed by atoms with Gasteiger partial charge in [0.1, 0.15) is 11.5 Å². The Bertz CT molecular complexity index is 399. The smallest absolute Gasteiger partial charge is 0.268 e. The van der Waals surface area contributed by atoms with Gasteiger partial charge in [-0.05, 0) is 25.5 Å². The minimum atomic E-state index is -0.311. The molecule has 0 aliphatic heterocycles. The monoisotopic (exact) mass is 253 g/mol. The largest absolute Gasteiger partial charge is 0.464 e. The van der Waals surface area contributed by atoms with Gasteiger partial charge >= 0.3 is 0 Å². The third kappa shape index (κ3) is 3.85. The van der Waals surface area contributed by atoms with E-state index in [0.717, 1.165) is 18.8 Å². The third-order valence-electron chi connectivity index (χ3n) is 2.79. The molecule has 0 saturated heterocycles. The van der Waals surface area contributed by atoms with Gasteiger partial charge in [-0.15, -0.1) is 0 Å². The standard InChI is InChI=1S/C13H23N3O2/c1-5-16(7-9(2)3)8-11-6-12(10(4)18-11)13(17)15-14/h6,9H,5,7-8,14H2,1-4H3,(H,15,17). The van der Waals surface area contributed by atoms with Crippen molar-refractivity contribution < 1.29 is 9.21 Å². The first-order chi connectivity index (χ1) is 8.47. The number of furan rings is 1. The molecule has 1 rings (SSSR count). The summed E-state index contributed by atoms with van der Waals surface area (Å²) in [4.78, 5) is 13.8. The fourth-order valence-corrected chi connectivity index (χ4v) is 1.97. The van der Waals surface area contributed by atoms with Crippen LogP contribution in [0.1, 0.15) is 42.6 Å². The normalized spacial score (nSPS) is 11.3. The van der Waals surface area contributed by atoms with Crippen LogP contribution < -0.4 is 11.3 Å². The van der Waals surface area contributed by atoms with Gasteiger partial charge in [0.25, 0.3) is 5.91 Å². The number of nitrogens with two attached hydrogens (primary N) is 1. The van der Waals surface area contributed by atoms with Crippen LogP contribution in [-0.4, -0.2) is 23.9 Å². The van der Waals surface area contributed by atoms with Crippen LogP contribution in [0.15, 0.2) is 10.5 Å². The highest BCUT2D eigenvalue weighted by molar-refractivity contribution is 5.94. The lowest BCUT2D eigenvalue weighted by molar-refractivity contribution is 0.0952. The average molecular weight is 253 g/mol. The van der Waals surface area contributed by atoms with E-state index in [9.17, 15) is 4.79 Å². The number of carbonyl (C=O) groups is 1. The van der Waals surface area contributed by atoms with Gasteiger partial charge in [-0.1, -0.05) is 20.8 Å². The van der Waals surface area contributed by atoms with Crippen LogP contribution in [0.2, 0.25) is 0 Å². The van der Waals surface area contributed by atoms with Gasteiger partial charge in [-0.25, -0.2) is 5.84 Å². The molecule has 1 aromatic heterocycles. The van der Waals surface area contributed by atoms with Gasteiger partial charge < -0.3 is 4.42 Å². The van der Waals surface area contributed by atoms with Gasteiger partial charge in [0, 0.05) is 6.54 Å². The molecule has 0 fully saturated rings. The van der Waals surface area contributed by atoms with E-state index in [1.165, 1.54) is 0 Å².